The average molecular weight is 130 g/mol. The first-order valence-electron chi connectivity index (χ1n) is 3.17. The van der Waals surface area contributed by atoms with Gasteiger partial charge in [-0.2, -0.15) is 0 Å². The molecule has 1 aliphatic rings. The summed E-state index contributed by atoms with van der Waals surface area (Å²) in [6.45, 7) is 3.35. The predicted octanol–water partition coefficient (Wildman–Crippen LogP) is 0.674. The van der Waals surface area contributed by atoms with Gasteiger partial charge in [0.05, 0.1) is 0 Å². The fraction of sp³-hybridized carbons (Fsp3) is 1.00. The van der Waals surface area contributed by atoms with Crippen molar-refractivity contribution in [2.45, 2.75) is 32.9 Å². The summed E-state index contributed by atoms with van der Waals surface area (Å²) in [4.78, 5) is 2.30. The van der Waals surface area contributed by atoms with Crippen LogP contribution in [0.1, 0.15) is 20.8 Å². The number of rotatable bonds is 0. The molecule has 1 fully saturated rings. The monoisotopic (exact) mass is 130 g/mol. The molecule has 56 valence electrons. The van der Waals surface area contributed by atoms with E-state index in [1.807, 2.05) is 0 Å². The third-order valence-corrected chi connectivity index (χ3v) is 2.13. The average Bonchev–Trinajstić information content (AvgIpc) is 1.98. The fourth-order valence-corrected chi connectivity index (χ4v) is 1.12. The minimum atomic E-state index is 0. The van der Waals surface area contributed by atoms with Crippen molar-refractivity contribution in [1.82, 2.24) is 4.90 Å². The van der Waals surface area contributed by atoms with Crippen LogP contribution in [0.3, 0.4) is 0 Å². The number of hydrogen-bond acceptors (Lipinski definition) is 2. The Kier molecular flexibility index (Phi) is 3.15. The quantitative estimate of drug-likeness (QED) is 0.522. The maximum atomic E-state index is 5.73. The molecule has 0 aromatic heterocycles. The van der Waals surface area contributed by atoms with Gasteiger partial charge in [0.2, 0.25) is 0 Å². The van der Waals surface area contributed by atoms with Crippen molar-refractivity contribution in [3.63, 3.8) is 0 Å². The molecule has 2 unspecified atom stereocenters. The van der Waals surface area contributed by atoms with Gasteiger partial charge in [-0.3, -0.25) is 0 Å². The maximum absolute atomic E-state index is 5.73. The molecule has 1 heterocycles. The van der Waals surface area contributed by atoms with Gasteiger partial charge in [0.1, 0.15) is 0 Å². The maximum Gasteiger partial charge on any atom is 0.0216 e. The summed E-state index contributed by atoms with van der Waals surface area (Å²) in [5.41, 5.74) is 5.73. The third kappa shape index (κ3) is 1.66. The van der Waals surface area contributed by atoms with Crippen LogP contribution >= 0.6 is 0 Å². The summed E-state index contributed by atoms with van der Waals surface area (Å²) in [7, 11) is 2.12. The van der Waals surface area contributed by atoms with Crippen molar-refractivity contribution in [2.24, 2.45) is 5.73 Å². The normalized spacial score (nSPS) is 36.3. The molecule has 0 aliphatic carbocycles. The first-order chi connectivity index (χ1) is 3.72. The Hall–Kier alpha value is -0.0800. The van der Waals surface area contributed by atoms with Crippen molar-refractivity contribution in [3.05, 3.63) is 0 Å². The van der Waals surface area contributed by atoms with E-state index >= 15 is 0 Å². The van der Waals surface area contributed by atoms with E-state index in [0.29, 0.717) is 12.1 Å². The van der Waals surface area contributed by atoms with Crippen molar-refractivity contribution >= 4 is 0 Å². The van der Waals surface area contributed by atoms with Gasteiger partial charge in [-0.1, -0.05) is 7.43 Å². The zero-order valence-electron chi connectivity index (χ0n) is 5.59. The van der Waals surface area contributed by atoms with E-state index in [-0.39, 0.29) is 7.43 Å². The van der Waals surface area contributed by atoms with Gasteiger partial charge < -0.3 is 10.6 Å². The van der Waals surface area contributed by atoms with Gasteiger partial charge in [-0.05, 0) is 26.9 Å². The van der Waals surface area contributed by atoms with E-state index in [9.17, 15) is 0 Å². The van der Waals surface area contributed by atoms with Gasteiger partial charge in [0.25, 0.3) is 0 Å². The highest BCUT2D eigenvalue weighted by Gasteiger charge is 2.23. The molecule has 2 atom stereocenters. The minimum Gasteiger partial charge on any atom is -0.326 e. The molecule has 2 N–H and O–H groups in total. The van der Waals surface area contributed by atoms with Crippen molar-refractivity contribution < 1.29 is 0 Å². The zero-order chi connectivity index (χ0) is 6.15. The Morgan fingerprint density at radius 1 is 1.56 bits per heavy atom. The lowest BCUT2D eigenvalue weighted by Crippen LogP contribution is -2.34. The lowest BCUT2D eigenvalue weighted by Gasteiger charge is -2.16. The third-order valence-electron chi connectivity index (χ3n) is 2.13. The summed E-state index contributed by atoms with van der Waals surface area (Å²) >= 11 is 0. The van der Waals surface area contributed by atoms with Crippen LogP contribution in [0.5, 0.6) is 0 Å². The van der Waals surface area contributed by atoms with Gasteiger partial charge in [-0.25, -0.2) is 0 Å². The minimum absolute atomic E-state index is 0. The summed E-state index contributed by atoms with van der Waals surface area (Å²) in [5.74, 6) is 0. The van der Waals surface area contributed by atoms with Crippen LogP contribution in [0.2, 0.25) is 0 Å². The number of nitrogens with zero attached hydrogens (tertiary/aromatic N) is 1. The Morgan fingerprint density at radius 2 is 2.11 bits per heavy atom. The summed E-state index contributed by atoms with van der Waals surface area (Å²) in [6, 6.07) is 1.01. The summed E-state index contributed by atoms with van der Waals surface area (Å²) < 4.78 is 0. The lowest BCUT2D eigenvalue weighted by molar-refractivity contribution is 0.318. The smallest absolute Gasteiger partial charge is 0.0216 e. The Balaban J connectivity index is 0.000000640. The van der Waals surface area contributed by atoms with Crippen LogP contribution in [-0.2, 0) is 0 Å². The second-order valence-corrected chi connectivity index (χ2v) is 2.67. The molecule has 0 bridgehead atoms. The van der Waals surface area contributed by atoms with Crippen molar-refractivity contribution in [1.29, 1.82) is 0 Å². The highest BCUT2D eigenvalue weighted by molar-refractivity contribution is 4.83. The molecule has 0 saturated carbocycles. The standard InChI is InChI=1S/C6H14N2.CH4/c1-5-6(7)3-4-8(5)2;/h5-6H,3-4,7H2,1-2H3;1H4. The molecule has 2 nitrogen and oxygen atoms in total. The molecule has 0 aromatic carbocycles. The Labute approximate surface area is 58.0 Å². The van der Waals surface area contributed by atoms with Crippen molar-refractivity contribution in [2.75, 3.05) is 13.6 Å². The molecular formula is C7H18N2. The highest BCUT2D eigenvalue weighted by Crippen LogP contribution is 2.11. The fourth-order valence-electron chi connectivity index (χ4n) is 1.12. The van der Waals surface area contributed by atoms with E-state index in [0.717, 1.165) is 6.42 Å². The van der Waals surface area contributed by atoms with E-state index < -0.39 is 0 Å². The highest BCUT2D eigenvalue weighted by atomic mass is 15.2. The Morgan fingerprint density at radius 3 is 2.22 bits per heavy atom. The van der Waals surface area contributed by atoms with E-state index in [1.54, 1.807) is 0 Å². The van der Waals surface area contributed by atoms with E-state index in [4.69, 9.17) is 5.73 Å². The van der Waals surface area contributed by atoms with Crippen LogP contribution < -0.4 is 5.73 Å². The lowest BCUT2D eigenvalue weighted by atomic mass is 10.2. The van der Waals surface area contributed by atoms with Gasteiger partial charge in [0.15, 0.2) is 0 Å². The van der Waals surface area contributed by atoms with E-state index in [1.165, 1.54) is 6.54 Å². The largest absolute Gasteiger partial charge is 0.326 e. The summed E-state index contributed by atoms with van der Waals surface area (Å²) in [5, 5.41) is 0. The molecule has 0 aromatic rings. The van der Waals surface area contributed by atoms with E-state index in [2.05, 4.69) is 18.9 Å². The molecule has 0 amide bonds. The van der Waals surface area contributed by atoms with Crippen LogP contribution in [0.25, 0.3) is 0 Å². The molecule has 1 saturated heterocycles. The molecule has 0 spiro atoms. The van der Waals surface area contributed by atoms with Crippen LogP contribution in [0, 0.1) is 0 Å². The number of nitrogens with two attached hydrogens (primary N) is 1. The summed E-state index contributed by atoms with van der Waals surface area (Å²) in [6.07, 6.45) is 1.16. The molecule has 0 radical (unpaired) electrons. The Bertz CT molecular complexity index is 73.0. The molecule has 2 heteroatoms. The molecular weight excluding hydrogens is 112 g/mol. The second kappa shape index (κ2) is 3.18. The number of hydrogen-bond donors (Lipinski definition) is 1. The van der Waals surface area contributed by atoms with Crippen molar-refractivity contribution in [3.8, 4) is 0 Å². The number of likely N-dealkylation sites (tertiary alicyclic amines) is 1. The number of likely N-dealkylation sites (N-methyl/N-ethyl adjacent to an activating group) is 1. The molecule has 9 heavy (non-hydrogen) atoms. The molecule has 1 aliphatic heterocycles. The SMILES string of the molecule is C.CC1C(N)CCN1C. The van der Waals surface area contributed by atoms with Gasteiger partial charge in [-0.15, -0.1) is 0 Å². The zero-order valence-corrected chi connectivity index (χ0v) is 5.59. The van der Waals surface area contributed by atoms with Crippen LogP contribution in [-0.4, -0.2) is 30.6 Å². The first-order valence-corrected chi connectivity index (χ1v) is 3.17. The van der Waals surface area contributed by atoms with Crippen LogP contribution in [0.4, 0.5) is 0 Å². The predicted molar refractivity (Wildman–Crippen MR) is 41.4 cm³/mol. The molecule has 1 rings (SSSR count). The first kappa shape index (κ1) is 8.92. The van der Waals surface area contributed by atoms with Gasteiger partial charge in [0, 0.05) is 12.1 Å². The van der Waals surface area contributed by atoms with Gasteiger partial charge >= 0.3 is 0 Å². The topological polar surface area (TPSA) is 29.3 Å². The second-order valence-electron chi connectivity index (χ2n) is 2.67. The van der Waals surface area contributed by atoms with Crippen LogP contribution in [0.15, 0.2) is 0 Å².